The van der Waals surface area contributed by atoms with Gasteiger partial charge in [0.15, 0.2) is 5.16 Å². The summed E-state index contributed by atoms with van der Waals surface area (Å²) in [4.78, 5) is 36.4. The second kappa shape index (κ2) is 5.53. The fourth-order valence-electron chi connectivity index (χ4n) is 2.42. The third-order valence-electron chi connectivity index (χ3n) is 3.46. The number of benzene rings is 2. The number of hydrogen-bond acceptors (Lipinski definition) is 4. The molecule has 2 aromatic carbocycles. The first-order chi connectivity index (χ1) is 11.5. The topological polar surface area (TPSA) is 115 Å². The van der Waals surface area contributed by atoms with Gasteiger partial charge in [0, 0.05) is 9.37 Å². The Morgan fingerprint density at radius 2 is 1.96 bits per heavy atom. The summed E-state index contributed by atoms with van der Waals surface area (Å²) in [5.74, 6) is -1.06. The number of carboxylic acid groups (broad SMARTS) is 1. The van der Waals surface area contributed by atoms with Crippen LogP contribution < -0.4 is 5.69 Å². The average molecular weight is 405 g/mol. The quantitative estimate of drug-likeness (QED) is 0.417. The van der Waals surface area contributed by atoms with Crippen molar-refractivity contribution in [2.75, 3.05) is 0 Å². The highest BCUT2D eigenvalue weighted by Gasteiger charge is 2.14. The number of imidazole rings is 2. The highest BCUT2D eigenvalue weighted by Crippen LogP contribution is 2.33. The lowest BCUT2D eigenvalue weighted by molar-refractivity contribution is 0.0697. The molecule has 7 nitrogen and oxygen atoms in total. The van der Waals surface area contributed by atoms with Crippen molar-refractivity contribution in [3.05, 3.63) is 50.9 Å². The molecule has 0 aliphatic heterocycles. The summed E-state index contributed by atoms with van der Waals surface area (Å²) in [5.41, 5.74) is 2.37. The first-order valence-corrected chi connectivity index (χ1v) is 8.43. The molecule has 2 heterocycles. The number of carbonyl (C=O) groups is 1. The number of nitrogens with zero attached hydrogens (tertiary/aromatic N) is 1. The number of halogens is 1. The molecule has 0 saturated heterocycles. The maximum atomic E-state index is 11.6. The third kappa shape index (κ3) is 2.61. The molecular weight excluding hydrogens is 396 g/mol. The van der Waals surface area contributed by atoms with Crippen molar-refractivity contribution >= 4 is 55.7 Å². The van der Waals surface area contributed by atoms with E-state index in [-0.39, 0.29) is 11.3 Å². The molecule has 0 aliphatic carbocycles. The molecule has 0 bridgehead atoms. The molecule has 2 aromatic heterocycles. The number of aromatic nitrogens is 4. The summed E-state index contributed by atoms with van der Waals surface area (Å²) in [6.45, 7) is 0. The molecule has 0 fully saturated rings. The summed E-state index contributed by atoms with van der Waals surface area (Å²) >= 11 is 4.66. The van der Waals surface area contributed by atoms with Gasteiger partial charge in [-0.05, 0) is 42.1 Å². The van der Waals surface area contributed by atoms with E-state index in [0.29, 0.717) is 21.1 Å². The highest BCUT2D eigenvalue weighted by atomic mass is 79.9. The number of nitrogens with one attached hydrogen (secondary N) is 3. The molecule has 0 amide bonds. The molecule has 120 valence electrons. The molecule has 0 spiro atoms. The summed E-state index contributed by atoms with van der Waals surface area (Å²) in [6, 6.07) is 8.62. The van der Waals surface area contributed by atoms with Crippen LogP contribution in [-0.2, 0) is 0 Å². The highest BCUT2D eigenvalue weighted by molar-refractivity contribution is 9.10. The lowest BCUT2D eigenvalue weighted by Gasteiger charge is -2.02. The standard InChI is InChI=1S/C15H9BrN4O3S/c16-7-1-2-8-9(5-7)19-15(18-8)24-11-4-6(13(21)22)3-10-12(11)20-14(23)17-10/h1-5H,(H,18,19)(H,21,22)(H2,17,20,23). The lowest BCUT2D eigenvalue weighted by Crippen LogP contribution is -1.99. The van der Waals surface area contributed by atoms with Crippen molar-refractivity contribution in [1.82, 2.24) is 19.9 Å². The Morgan fingerprint density at radius 1 is 1.12 bits per heavy atom. The molecule has 4 N–H and O–H groups in total. The van der Waals surface area contributed by atoms with Crippen molar-refractivity contribution in [3.63, 3.8) is 0 Å². The number of rotatable bonds is 3. The molecule has 9 heteroatoms. The van der Waals surface area contributed by atoms with Crippen molar-refractivity contribution in [2.24, 2.45) is 0 Å². The Labute approximate surface area is 146 Å². The number of aromatic carboxylic acids is 1. The molecule has 4 aromatic rings. The van der Waals surface area contributed by atoms with Gasteiger partial charge in [-0.15, -0.1) is 0 Å². The maximum Gasteiger partial charge on any atom is 0.335 e. The van der Waals surface area contributed by atoms with Crippen LogP contribution in [0.5, 0.6) is 0 Å². The third-order valence-corrected chi connectivity index (χ3v) is 4.89. The van der Waals surface area contributed by atoms with Crippen LogP contribution >= 0.6 is 27.7 Å². The van der Waals surface area contributed by atoms with E-state index in [1.54, 1.807) is 0 Å². The zero-order chi connectivity index (χ0) is 16.8. The van der Waals surface area contributed by atoms with Gasteiger partial charge < -0.3 is 20.1 Å². The van der Waals surface area contributed by atoms with Crippen LogP contribution in [0.4, 0.5) is 0 Å². The van der Waals surface area contributed by atoms with E-state index in [9.17, 15) is 14.7 Å². The second-order valence-electron chi connectivity index (χ2n) is 5.09. The molecule has 0 saturated carbocycles. The normalized spacial score (nSPS) is 11.4. The molecule has 0 unspecified atom stereocenters. The van der Waals surface area contributed by atoms with Gasteiger partial charge in [-0.25, -0.2) is 14.6 Å². The van der Waals surface area contributed by atoms with E-state index in [1.165, 1.54) is 23.9 Å². The maximum absolute atomic E-state index is 11.6. The summed E-state index contributed by atoms with van der Waals surface area (Å²) in [6.07, 6.45) is 0. The van der Waals surface area contributed by atoms with Crippen LogP contribution in [0.1, 0.15) is 10.4 Å². The van der Waals surface area contributed by atoms with Crippen LogP contribution in [0.25, 0.3) is 22.1 Å². The molecule has 4 rings (SSSR count). The number of hydrogen-bond donors (Lipinski definition) is 4. The number of H-pyrrole nitrogens is 3. The predicted octanol–water partition coefficient (Wildman–Crippen LogP) is 3.34. The van der Waals surface area contributed by atoms with E-state index in [2.05, 4.69) is 35.9 Å². The van der Waals surface area contributed by atoms with Crippen molar-refractivity contribution in [3.8, 4) is 0 Å². The number of carboxylic acids is 1. The van der Waals surface area contributed by atoms with E-state index >= 15 is 0 Å². The Bertz CT molecular complexity index is 1160. The van der Waals surface area contributed by atoms with Gasteiger partial charge in [-0.1, -0.05) is 15.9 Å². The van der Waals surface area contributed by atoms with Gasteiger partial charge in [0.1, 0.15) is 0 Å². The fourth-order valence-corrected chi connectivity index (χ4v) is 3.75. The SMILES string of the molecule is O=C(O)c1cc(Sc2nc3ccc(Br)cc3[nH]2)c2[nH]c(=O)[nH]c2c1. The smallest absolute Gasteiger partial charge is 0.335 e. The van der Waals surface area contributed by atoms with Crippen LogP contribution in [0.2, 0.25) is 0 Å². The summed E-state index contributed by atoms with van der Waals surface area (Å²) in [5, 5.41) is 9.85. The molecular formula is C15H9BrN4O3S. The first kappa shape index (κ1) is 15.0. The van der Waals surface area contributed by atoms with Crippen LogP contribution in [0.3, 0.4) is 0 Å². The predicted molar refractivity (Wildman–Crippen MR) is 93.8 cm³/mol. The average Bonchev–Trinajstić information content (AvgIpc) is 3.08. The fraction of sp³-hybridized carbons (Fsp3) is 0. The van der Waals surface area contributed by atoms with Gasteiger partial charge in [0.25, 0.3) is 0 Å². The monoisotopic (exact) mass is 404 g/mol. The van der Waals surface area contributed by atoms with Crippen LogP contribution in [0.15, 0.2) is 49.7 Å². The van der Waals surface area contributed by atoms with Crippen molar-refractivity contribution in [1.29, 1.82) is 0 Å². The number of fused-ring (bicyclic) bond motifs is 2. The zero-order valence-electron chi connectivity index (χ0n) is 11.9. The van der Waals surface area contributed by atoms with Gasteiger partial charge in [-0.2, -0.15) is 0 Å². The molecule has 0 atom stereocenters. The van der Waals surface area contributed by atoms with Crippen LogP contribution in [-0.4, -0.2) is 31.0 Å². The Morgan fingerprint density at radius 3 is 2.75 bits per heavy atom. The minimum Gasteiger partial charge on any atom is -0.478 e. The molecule has 0 aliphatic rings. The van der Waals surface area contributed by atoms with Gasteiger partial charge in [-0.3, -0.25) is 0 Å². The van der Waals surface area contributed by atoms with E-state index in [1.807, 2.05) is 18.2 Å². The van der Waals surface area contributed by atoms with E-state index in [4.69, 9.17) is 0 Å². The molecule has 0 radical (unpaired) electrons. The number of aromatic amines is 3. The van der Waals surface area contributed by atoms with E-state index < -0.39 is 5.97 Å². The summed E-state index contributed by atoms with van der Waals surface area (Å²) in [7, 11) is 0. The molecule has 24 heavy (non-hydrogen) atoms. The van der Waals surface area contributed by atoms with Crippen molar-refractivity contribution < 1.29 is 9.90 Å². The minimum absolute atomic E-state index is 0.0964. The lowest BCUT2D eigenvalue weighted by atomic mass is 10.2. The van der Waals surface area contributed by atoms with E-state index in [0.717, 1.165) is 15.5 Å². The largest absolute Gasteiger partial charge is 0.478 e. The van der Waals surface area contributed by atoms with Gasteiger partial charge in [0.05, 0.1) is 27.6 Å². The minimum atomic E-state index is -1.06. The van der Waals surface area contributed by atoms with Gasteiger partial charge in [0.2, 0.25) is 0 Å². The summed E-state index contributed by atoms with van der Waals surface area (Å²) < 4.78 is 0.931. The second-order valence-corrected chi connectivity index (χ2v) is 7.03. The van der Waals surface area contributed by atoms with Gasteiger partial charge >= 0.3 is 11.7 Å². The zero-order valence-corrected chi connectivity index (χ0v) is 14.3. The Hall–Kier alpha value is -2.52. The Kier molecular flexibility index (Phi) is 3.47. The first-order valence-electron chi connectivity index (χ1n) is 6.82. The van der Waals surface area contributed by atoms with Crippen LogP contribution in [0, 0.1) is 0 Å². The Balaban J connectivity index is 1.85. The van der Waals surface area contributed by atoms with Crippen molar-refractivity contribution in [2.45, 2.75) is 10.1 Å².